The number of aliphatic imine (C=N–C) groups is 1. The maximum atomic E-state index is 12.2. The van der Waals surface area contributed by atoms with E-state index in [1.165, 1.54) is 0 Å². The third kappa shape index (κ3) is 9.13. The summed E-state index contributed by atoms with van der Waals surface area (Å²) in [5, 5.41) is 3.31. The summed E-state index contributed by atoms with van der Waals surface area (Å²) < 4.78 is 5.45. The van der Waals surface area contributed by atoms with Crippen LogP contribution in [0.5, 0.6) is 0 Å². The number of carbonyl (C=O) groups excluding carboxylic acids is 1. The predicted octanol–water partition coefficient (Wildman–Crippen LogP) is 5.41. The molecule has 1 aromatic rings. The molecule has 1 aromatic carbocycles. The van der Waals surface area contributed by atoms with Crippen molar-refractivity contribution < 1.29 is 9.53 Å². The molecule has 0 aliphatic carbocycles. The Hall–Kier alpha value is -2.04. The van der Waals surface area contributed by atoms with Gasteiger partial charge in [-0.3, -0.25) is 4.99 Å². The summed E-state index contributed by atoms with van der Waals surface area (Å²) in [5.41, 5.74) is 2.41. The number of hydrogen-bond acceptors (Lipinski definition) is 4. The summed E-state index contributed by atoms with van der Waals surface area (Å²) in [6.45, 7) is 19.2. The van der Waals surface area contributed by atoms with Crippen LogP contribution in [-0.4, -0.2) is 42.9 Å². The first kappa shape index (κ1) is 23.0. The maximum Gasteiger partial charge on any atom is 0.410 e. The van der Waals surface area contributed by atoms with Crippen molar-refractivity contribution in [3.63, 3.8) is 0 Å². The van der Waals surface area contributed by atoms with E-state index < -0.39 is 5.60 Å². The molecule has 5 heteroatoms. The van der Waals surface area contributed by atoms with Crippen molar-refractivity contribution in [1.82, 2.24) is 4.90 Å². The summed E-state index contributed by atoms with van der Waals surface area (Å²) in [6.07, 6.45) is 0.621. The molecule has 0 aliphatic rings. The fraction of sp³-hybridized carbons (Fsp3) is 0.600. The molecule has 1 N–H and O–H groups in total. The fourth-order valence-corrected chi connectivity index (χ4v) is 2.14. The number of amides is 1. The molecule has 1 amide bonds. The molecule has 0 fully saturated rings. The monoisotopic (exact) mass is 349 g/mol. The lowest BCUT2D eigenvalue weighted by atomic mass is 10.2. The van der Waals surface area contributed by atoms with Gasteiger partial charge < -0.3 is 15.0 Å². The highest BCUT2D eigenvalue weighted by atomic mass is 16.6. The first-order valence-corrected chi connectivity index (χ1v) is 9.06. The van der Waals surface area contributed by atoms with E-state index in [2.05, 4.69) is 17.0 Å². The largest absolute Gasteiger partial charge is 0.444 e. The van der Waals surface area contributed by atoms with Gasteiger partial charge in [0.1, 0.15) is 5.60 Å². The van der Waals surface area contributed by atoms with Crippen LogP contribution in [0.1, 0.15) is 53.5 Å². The number of ether oxygens (including phenoxy) is 1. The van der Waals surface area contributed by atoms with Gasteiger partial charge in [0.15, 0.2) is 0 Å². The Bertz CT molecular complexity index is 536. The van der Waals surface area contributed by atoms with Gasteiger partial charge in [-0.15, -0.1) is 0 Å². The van der Waals surface area contributed by atoms with Crippen molar-refractivity contribution in [3.05, 3.63) is 23.8 Å². The van der Waals surface area contributed by atoms with Crippen molar-refractivity contribution in [2.45, 2.75) is 60.5 Å². The van der Waals surface area contributed by atoms with Gasteiger partial charge in [0, 0.05) is 19.6 Å². The number of carbonyl (C=O) groups is 1. The van der Waals surface area contributed by atoms with Crippen LogP contribution in [0, 0.1) is 6.92 Å². The Morgan fingerprint density at radius 1 is 1.28 bits per heavy atom. The highest BCUT2D eigenvalue weighted by molar-refractivity contribution is 5.69. The van der Waals surface area contributed by atoms with Gasteiger partial charge in [0.05, 0.1) is 11.4 Å². The summed E-state index contributed by atoms with van der Waals surface area (Å²) in [4.78, 5) is 18.0. The maximum absolute atomic E-state index is 12.2. The molecule has 0 bridgehead atoms. The lowest BCUT2D eigenvalue weighted by Crippen LogP contribution is -2.39. The molecule has 1 rings (SSSR count). The molecular formula is C20H35N3O2. The highest BCUT2D eigenvalue weighted by Crippen LogP contribution is 2.25. The van der Waals surface area contributed by atoms with E-state index in [1.54, 1.807) is 4.90 Å². The minimum absolute atomic E-state index is 0.271. The Balaban J connectivity index is 0.00000277. The molecule has 0 spiro atoms. The van der Waals surface area contributed by atoms with E-state index in [4.69, 9.17) is 4.74 Å². The molecule has 0 aliphatic heterocycles. The molecule has 0 heterocycles. The molecule has 0 saturated carbocycles. The van der Waals surface area contributed by atoms with Crippen LogP contribution in [0.2, 0.25) is 0 Å². The summed E-state index contributed by atoms with van der Waals surface area (Å²) >= 11 is 0. The average Bonchev–Trinajstić information content (AvgIpc) is 2.55. The number of benzene rings is 1. The Labute approximate surface area is 153 Å². The molecule has 0 aromatic heterocycles. The molecule has 25 heavy (non-hydrogen) atoms. The second-order valence-electron chi connectivity index (χ2n) is 6.57. The second kappa shape index (κ2) is 11.5. The van der Waals surface area contributed by atoms with E-state index >= 15 is 0 Å². The summed E-state index contributed by atoms with van der Waals surface area (Å²) in [5.74, 6) is 0. The number of anilines is 1. The average molecular weight is 350 g/mol. The van der Waals surface area contributed by atoms with E-state index in [-0.39, 0.29) is 6.09 Å². The quantitative estimate of drug-likeness (QED) is 0.669. The van der Waals surface area contributed by atoms with Gasteiger partial charge in [-0.2, -0.15) is 0 Å². The van der Waals surface area contributed by atoms with E-state index in [1.807, 2.05) is 66.7 Å². The lowest BCUT2D eigenvalue weighted by molar-refractivity contribution is 0.0257. The van der Waals surface area contributed by atoms with Gasteiger partial charge in [-0.1, -0.05) is 26.8 Å². The third-order valence-electron chi connectivity index (χ3n) is 3.17. The highest BCUT2D eigenvalue weighted by Gasteiger charge is 2.21. The van der Waals surface area contributed by atoms with Crippen LogP contribution < -0.4 is 5.32 Å². The molecule has 0 radical (unpaired) electrons. The summed E-state index contributed by atoms with van der Waals surface area (Å²) in [6, 6.07) is 5.98. The number of aryl methyl sites for hydroxylation is 1. The zero-order valence-electron chi connectivity index (χ0n) is 17.0. The summed E-state index contributed by atoms with van der Waals surface area (Å²) in [7, 11) is 0. The number of nitrogens with zero attached hydrogens (tertiary/aromatic N) is 2. The number of rotatable bonds is 7. The Morgan fingerprint density at radius 3 is 2.44 bits per heavy atom. The molecule has 5 nitrogen and oxygen atoms in total. The fourth-order valence-electron chi connectivity index (χ4n) is 2.14. The van der Waals surface area contributed by atoms with Crippen LogP contribution in [0.15, 0.2) is 23.2 Å². The minimum atomic E-state index is -0.479. The Kier molecular flexibility index (Phi) is 10.6. The van der Waals surface area contributed by atoms with Crippen molar-refractivity contribution >= 4 is 24.2 Å². The van der Waals surface area contributed by atoms with Crippen LogP contribution in [-0.2, 0) is 4.74 Å². The van der Waals surface area contributed by atoms with E-state index in [0.29, 0.717) is 19.6 Å². The van der Waals surface area contributed by atoms with E-state index in [9.17, 15) is 4.79 Å². The van der Waals surface area contributed by atoms with Crippen molar-refractivity contribution in [1.29, 1.82) is 0 Å². The van der Waals surface area contributed by atoms with Crippen LogP contribution in [0.4, 0.5) is 16.2 Å². The van der Waals surface area contributed by atoms with Gasteiger partial charge in [-0.05, 0) is 58.5 Å². The third-order valence-corrected chi connectivity index (χ3v) is 3.17. The molecule has 0 atom stereocenters. The minimum Gasteiger partial charge on any atom is -0.444 e. The molecular weight excluding hydrogens is 314 g/mol. The van der Waals surface area contributed by atoms with Crippen molar-refractivity contribution in [2.75, 3.05) is 25.0 Å². The number of nitrogens with one attached hydrogen (secondary N) is 1. The molecule has 0 unspecified atom stereocenters. The molecule has 0 saturated heterocycles. The van der Waals surface area contributed by atoms with Crippen LogP contribution in [0.25, 0.3) is 0 Å². The van der Waals surface area contributed by atoms with Gasteiger partial charge >= 0.3 is 6.09 Å². The van der Waals surface area contributed by atoms with Crippen molar-refractivity contribution in [3.8, 4) is 0 Å². The van der Waals surface area contributed by atoms with Crippen LogP contribution in [0.3, 0.4) is 0 Å². The standard InChI is InChI=1S/C18H29N3O2.C2H6/c1-7-11-21(17(22)23-18(3,4)5)12-10-20-15-9-8-14(2)13-16(15)19-6;1-2/h8-9,13,20H,6-7,10-12H2,1-5H3;1-2H3. The van der Waals surface area contributed by atoms with Crippen molar-refractivity contribution in [2.24, 2.45) is 4.99 Å². The number of hydrogen-bond donors (Lipinski definition) is 1. The Morgan fingerprint density at radius 2 is 1.92 bits per heavy atom. The zero-order valence-corrected chi connectivity index (χ0v) is 17.0. The normalized spacial score (nSPS) is 10.4. The smallest absolute Gasteiger partial charge is 0.410 e. The SMILES string of the molecule is C=Nc1cc(C)ccc1NCCN(CCC)C(=O)OC(C)(C)C.CC. The lowest BCUT2D eigenvalue weighted by Gasteiger charge is -2.27. The first-order valence-electron chi connectivity index (χ1n) is 9.06. The van der Waals surface area contributed by atoms with Gasteiger partial charge in [0.2, 0.25) is 0 Å². The second-order valence-corrected chi connectivity index (χ2v) is 6.57. The topological polar surface area (TPSA) is 53.9 Å². The molecule has 142 valence electrons. The predicted molar refractivity (Wildman–Crippen MR) is 108 cm³/mol. The first-order chi connectivity index (χ1) is 11.8. The van der Waals surface area contributed by atoms with E-state index in [0.717, 1.165) is 23.4 Å². The van der Waals surface area contributed by atoms with Crippen LogP contribution >= 0.6 is 0 Å². The van der Waals surface area contributed by atoms with Gasteiger partial charge in [-0.25, -0.2) is 4.79 Å². The zero-order chi connectivity index (χ0) is 19.5. The van der Waals surface area contributed by atoms with Gasteiger partial charge in [0.25, 0.3) is 0 Å².